The second-order valence-corrected chi connectivity index (χ2v) is 17.5. The number of aliphatic carboxylic acids is 2. The van der Waals surface area contributed by atoms with Gasteiger partial charge in [0, 0.05) is 25.8 Å². The summed E-state index contributed by atoms with van der Waals surface area (Å²) in [6.45, 7) is 8.30. The molecule has 0 N–H and O–H groups in total. The standard InChI is InChI=1S/2C27H44O5.Ba/c2*1-3-25(32-23(2)28)18-12-7-5-4-6-8-13-19-26(20-14-15-21-27(29)30)31-22-24-16-10-9-11-17-24;/h2*9-11,16-17,25-26H,3-8,12-15,18-22H2,1-2H3,(H,29,30);/q;;+2/p-2. The Morgan fingerprint density at radius 2 is 0.677 bits per heavy atom. The van der Waals surface area contributed by atoms with Gasteiger partial charge in [-0.1, -0.05) is 164 Å². The zero-order chi connectivity index (χ0) is 46.9. The van der Waals surface area contributed by atoms with Crippen LogP contribution < -0.4 is 10.2 Å². The third-order valence-electron chi connectivity index (χ3n) is 11.7. The number of carbonyl (C=O) groups is 4. The van der Waals surface area contributed by atoms with E-state index in [9.17, 15) is 29.4 Å². The molecule has 0 amide bonds. The molecule has 0 spiro atoms. The third kappa shape index (κ3) is 40.6. The first-order valence-corrected chi connectivity index (χ1v) is 25.1. The Bertz CT molecular complexity index is 1320. The molecule has 10 nitrogen and oxygen atoms in total. The van der Waals surface area contributed by atoms with Crippen molar-refractivity contribution in [3.8, 4) is 0 Å². The second-order valence-electron chi connectivity index (χ2n) is 17.5. The van der Waals surface area contributed by atoms with Crippen LogP contribution in [0.4, 0.5) is 0 Å². The van der Waals surface area contributed by atoms with Crippen molar-refractivity contribution in [1.82, 2.24) is 0 Å². The fraction of sp³-hybridized carbons (Fsp3) is 0.704. The minimum Gasteiger partial charge on any atom is -0.550 e. The zero-order valence-electron chi connectivity index (χ0n) is 41.1. The van der Waals surface area contributed by atoms with Crippen molar-refractivity contribution in [2.45, 2.75) is 245 Å². The van der Waals surface area contributed by atoms with Crippen LogP contribution in [0.25, 0.3) is 0 Å². The van der Waals surface area contributed by atoms with Crippen LogP contribution >= 0.6 is 0 Å². The first-order chi connectivity index (χ1) is 31.0. The van der Waals surface area contributed by atoms with Crippen LogP contribution in [0.5, 0.6) is 0 Å². The Balaban J connectivity index is 0.00000124. The topological polar surface area (TPSA) is 151 Å². The van der Waals surface area contributed by atoms with Crippen molar-refractivity contribution >= 4 is 72.8 Å². The normalized spacial score (nSPS) is 12.7. The molecule has 0 aliphatic carbocycles. The van der Waals surface area contributed by atoms with Gasteiger partial charge in [-0.2, -0.15) is 0 Å². The molecule has 0 radical (unpaired) electrons. The van der Waals surface area contributed by atoms with Crippen LogP contribution in [0.3, 0.4) is 0 Å². The van der Waals surface area contributed by atoms with Crippen LogP contribution in [0.15, 0.2) is 60.7 Å². The summed E-state index contributed by atoms with van der Waals surface area (Å²) in [5.41, 5.74) is 2.34. The SMILES string of the molecule is CCC(CCCCCCCCCC(CCCCC(=O)[O-])OCc1ccccc1)OC(C)=O.CCC(CCCCCCCCCC(CCCCC(=O)[O-])OCc1ccccc1)OC(C)=O.[Ba+2]. The third-order valence-corrected chi connectivity index (χ3v) is 11.7. The number of esters is 2. The summed E-state index contributed by atoms with van der Waals surface area (Å²) in [6, 6.07) is 20.4. The van der Waals surface area contributed by atoms with Crippen molar-refractivity contribution in [2.24, 2.45) is 0 Å². The van der Waals surface area contributed by atoms with Crippen molar-refractivity contribution in [3.63, 3.8) is 0 Å². The van der Waals surface area contributed by atoms with Crippen LogP contribution in [0.1, 0.15) is 219 Å². The number of carboxylic acids is 2. The van der Waals surface area contributed by atoms with E-state index in [0.717, 1.165) is 89.9 Å². The fourth-order valence-electron chi connectivity index (χ4n) is 7.90. The Hall–Kier alpha value is -2.19. The number of hydrogen-bond donors (Lipinski definition) is 0. The van der Waals surface area contributed by atoms with Gasteiger partial charge in [0.25, 0.3) is 0 Å². The quantitative estimate of drug-likeness (QED) is 0.0358. The first kappa shape index (κ1) is 62.8. The molecule has 0 bridgehead atoms. The number of carboxylic acid groups (broad SMARTS) is 2. The van der Waals surface area contributed by atoms with Crippen LogP contribution in [0.2, 0.25) is 0 Å². The Kier molecular flexibility index (Phi) is 42.8. The molecule has 364 valence electrons. The molecule has 0 aliphatic rings. The molecule has 2 aromatic carbocycles. The van der Waals surface area contributed by atoms with E-state index in [-0.39, 0.29) is 98.1 Å². The molecule has 0 aromatic heterocycles. The first-order valence-electron chi connectivity index (χ1n) is 25.1. The Morgan fingerprint density at radius 1 is 0.415 bits per heavy atom. The molecule has 2 rings (SSSR count). The van der Waals surface area contributed by atoms with E-state index >= 15 is 0 Å². The predicted molar refractivity (Wildman–Crippen MR) is 258 cm³/mol. The van der Waals surface area contributed by atoms with Crippen LogP contribution in [-0.2, 0) is 51.3 Å². The predicted octanol–water partition coefficient (Wildman–Crippen LogP) is 11.1. The zero-order valence-corrected chi connectivity index (χ0v) is 45.5. The van der Waals surface area contributed by atoms with Crippen LogP contribution in [-0.4, -0.2) is 97.2 Å². The second kappa shape index (κ2) is 44.3. The molecule has 65 heavy (non-hydrogen) atoms. The van der Waals surface area contributed by atoms with Crippen molar-refractivity contribution in [3.05, 3.63) is 71.8 Å². The molecule has 0 heterocycles. The summed E-state index contributed by atoms with van der Waals surface area (Å²) in [7, 11) is 0. The molecule has 0 saturated carbocycles. The van der Waals surface area contributed by atoms with E-state index in [1.165, 1.54) is 89.2 Å². The molecule has 0 aliphatic heterocycles. The van der Waals surface area contributed by atoms with Gasteiger partial charge in [0.05, 0.1) is 25.4 Å². The summed E-state index contributed by atoms with van der Waals surface area (Å²) in [4.78, 5) is 43.3. The van der Waals surface area contributed by atoms with Gasteiger partial charge in [0.2, 0.25) is 0 Å². The largest absolute Gasteiger partial charge is 2.00 e. The minimum atomic E-state index is -0.969. The number of rotatable bonds is 40. The van der Waals surface area contributed by atoms with Gasteiger partial charge in [-0.25, -0.2) is 0 Å². The van der Waals surface area contributed by atoms with Gasteiger partial charge in [0.1, 0.15) is 12.2 Å². The van der Waals surface area contributed by atoms with E-state index in [1.54, 1.807) is 0 Å². The van der Waals surface area contributed by atoms with Gasteiger partial charge in [0.15, 0.2) is 0 Å². The van der Waals surface area contributed by atoms with Crippen LogP contribution in [0, 0.1) is 0 Å². The van der Waals surface area contributed by atoms with Gasteiger partial charge >= 0.3 is 60.8 Å². The molecular weight excluding hydrogens is 946 g/mol. The fourth-order valence-corrected chi connectivity index (χ4v) is 7.90. The average molecular weight is 1030 g/mol. The Morgan fingerprint density at radius 3 is 0.938 bits per heavy atom. The van der Waals surface area contributed by atoms with E-state index in [2.05, 4.69) is 38.1 Å². The maximum absolute atomic E-state index is 11.1. The Labute approximate surface area is 434 Å². The van der Waals surface area contributed by atoms with Gasteiger partial charge in [-0.15, -0.1) is 0 Å². The number of benzene rings is 2. The number of carbonyl (C=O) groups excluding carboxylic acids is 4. The molecule has 2 aromatic rings. The van der Waals surface area contributed by atoms with Crippen molar-refractivity contribution < 1.29 is 48.3 Å². The van der Waals surface area contributed by atoms with E-state index in [1.807, 2.05) is 36.4 Å². The summed E-state index contributed by atoms with van der Waals surface area (Å²) in [5, 5.41) is 21.2. The molecule has 0 fully saturated rings. The molecule has 11 heteroatoms. The molecule has 0 saturated heterocycles. The van der Waals surface area contributed by atoms with E-state index in [0.29, 0.717) is 26.1 Å². The van der Waals surface area contributed by atoms with Gasteiger partial charge < -0.3 is 38.7 Å². The van der Waals surface area contributed by atoms with Gasteiger partial charge in [-0.3, -0.25) is 9.59 Å². The number of unbranched alkanes of at least 4 members (excludes halogenated alkanes) is 14. The van der Waals surface area contributed by atoms with Gasteiger partial charge in [-0.05, 0) is 101 Å². The minimum absolute atomic E-state index is 0. The molecule has 4 atom stereocenters. The summed E-state index contributed by atoms with van der Waals surface area (Å²) in [5.74, 6) is -2.30. The van der Waals surface area contributed by atoms with E-state index < -0.39 is 11.9 Å². The summed E-state index contributed by atoms with van der Waals surface area (Å²) < 4.78 is 22.9. The number of hydrogen-bond acceptors (Lipinski definition) is 10. The van der Waals surface area contributed by atoms with Crippen molar-refractivity contribution in [2.75, 3.05) is 0 Å². The van der Waals surface area contributed by atoms with Crippen molar-refractivity contribution in [1.29, 1.82) is 0 Å². The summed E-state index contributed by atoms with van der Waals surface area (Å²) >= 11 is 0. The maximum atomic E-state index is 11.1. The number of ether oxygens (including phenoxy) is 4. The monoisotopic (exact) mass is 1030 g/mol. The molecule has 4 unspecified atom stereocenters. The summed E-state index contributed by atoms with van der Waals surface area (Å²) in [6.07, 6.45) is 28.1. The molecular formula is C54H86BaO10. The average Bonchev–Trinajstić information content (AvgIpc) is 3.28. The maximum Gasteiger partial charge on any atom is 2.00 e. The smallest absolute Gasteiger partial charge is 0.550 e. The van der Waals surface area contributed by atoms with E-state index in [4.69, 9.17) is 18.9 Å².